The van der Waals surface area contributed by atoms with E-state index in [1.165, 1.54) is 19.2 Å². The molecule has 0 fully saturated rings. The molecule has 4 nitrogen and oxygen atoms in total. The summed E-state index contributed by atoms with van der Waals surface area (Å²) < 4.78 is 18.2. The highest BCUT2D eigenvalue weighted by atomic mass is 19.1. The van der Waals surface area contributed by atoms with Gasteiger partial charge in [0.25, 0.3) is 0 Å². The Morgan fingerprint density at radius 3 is 2.72 bits per heavy atom. The third-order valence-corrected chi connectivity index (χ3v) is 2.98. The molecule has 0 heterocycles. The number of nitrogens with two attached hydrogens (primary N) is 1. The van der Waals surface area contributed by atoms with Crippen LogP contribution in [-0.4, -0.2) is 19.1 Å². The molecular formula is C13H19FN2O2. The molecule has 1 aromatic carbocycles. The summed E-state index contributed by atoms with van der Waals surface area (Å²) in [5.41, 5.74) is 6.16. The number of rotatable bonds is 5. The number of carbonyl (C=O) groups is 1. The Bertz CT molecular complexity index is 423. The lowest BCUT2D eigenvalue weighted by Crippen LogP contribution is -2.40. The van der Waals surface area contributed by atoms with E-state index in [1.807, 2.05) is 13.8 Å². The minimum absolute atomic E-state index is 0.0769. The fourth-order valence-corrected chi connectivity index (χ4v) is 1.48. The van der Waals surface area contributed by atoms with Crippen LogP contribution in [0.25, 0.3) is 0 Å². The molecule has 1 amide bonds. The maximum absolute atomic E-state index is 13.4. The lowest BCUT2D eigenvalue weighted by molar-refractivity contribution is -0.118. The van der Waals surface area contributed by atoms with Crippen LogP contribution < -0.4 is 15.8 Å². The number of hydrogen-bond acceptors (Lipinski definition) is 3. The van der Waals surface area contributed by atoms with Crippen molar-refractivity contribution in [2.24, 2.45) is 11.7 Å². The van der Waals surface area contributed by atoms with Crippen molar-refractivity contribution >= 4 is 11.6 Å². The van der Waals surface area contributed by atoms with Crippen molar-refractivity contribution in [2.45, 2.75) is 26.3 Å². The van der Waals surface area contributed by atoms with E-state index in [4.69, 9.17) is 10.5 Å². The first-order chi connectivity index (χ1) is 8.49. The number of benzene rings is 1. The number of anilines is 1. The molecule has 0 aliphatic rings. The molecule has 0 spiro atoms. The van der Waals surface area contributed by atoms with Crippen LogP contribution in [0, 0.1) is 11.7 Å². The summed E-state index contributed by atoms with van der Waals surface area (Å²) in [6.07, 6.45) is 0.811. The Kier molecular flexibility index (Phi) is 5.09. The van der Waals surface area contributed by atoms with E-state index >= 15 is 0 Å². The molecule has 0 radical (unpaired) electrons. The summed E-state index contributed by atoms with van der Waals surface area (Å²) in [5, 5.41) is 2.59. The van der Waals surface area contributed by atoms with Crippen LogP contribution in [0.1, 0.15) is 20.3 Å². The van der Waals surface area contributed by atoms with Gasteiger partial charge in [-0.2, -0.15) is 0 Å². The van der Waals surface area contributed by atoms with Crippen molar-refractivity contribution in [2.75, 3.05) is 12.4 Å². The van der Waals surface area contributed by atoms with Gasteiger partial charge in [0.1, 0.15) is 0 Å². The standard InChI is InChI=1S/C13H19FN2O2/c1-4-8(2)12(15)13(17)16-9-5-6-11(18-3)10(14)7-9/h5-8,12H,4,15H2,1-3H3,(H,16,17)/t8-,12-/m0/s1. The Morgan fingerprint density at radius 1 is 1.56 bits per heavy atom. The van der Waals surface area contributed by atoms with Gasteiger partial charge in [0, 0.05) is 11.8 Å². The van der Waals surface area contributed by atoms with E-state index in [1.54, 1.807) is 6.07 Å². The number of methoxy groups -OCH3 is 1. The van der Waals surface area contributed by atoms with Crippen molar-refractivity contribution < 1.29 is 13.9 Å². The maximum atomic E-state index is 13.4. The van der Waals surface area contributed by atoms with Crippen LogP contribution in [-0.2, 0) is 4.79 Å². The normalized spacial score (nSPS) is 13.8. The summed E-state index contributed by atoms with van der Waals surface area (Å²) in [7, 11) is 1.38. The van der Waals surface area contributed by atoms with Crippen LogP contribution in [0.3, 0.4) is 0 Å². The molecule has 0 aliphatic heterocycles. The van der Waals surface area contributed by atoms with E-state index < -0.39 is 11.9 Å². The van der Waals surface area contributed by atoms with Crippen LogP contribution in [0.5, 0.6) is 5.75 Å². The minimum Gasteiger partial charge on any atom is -0.494 e. The zero-order valence-electron chi connectivity index (χ0n) is 10.9. The third-order valence-electron chi connectivity index (χ3n) is 2.98. The summed E-state index contributed by atoms with van der Waals surface area (Å²) in [4.78, 5) is 11.8. The molecule has 18 heavy (non-hydrogen) atoms. The van der Waals surface area contributed by atoms with Crippen molar-refractivity contribution in [1.82, 2.24) is 0 Å². The van der Waals surface area contributed by atoms with Gasteiger partial charge in [-0.05, 0) is 18.1 Å². The number of halogens is 1. The second kappa shape index (κ2) is 6.35. The molecule has 1 rings (SSSR count). The van der Waals surface area contributed by atoms with E-state index in [9.17, 15) is 9.18 Å². The van der Waals surface area contributed by atoms with Crippen LogP contribution in [0.2, 0.25) is 0 Å². The first kappa shape index (κ1) is 14.4. The summed E-state index contributed by atoms with van der Waals surface area (Å²) in [6.45, 7) is 3.86. The predicted octanol–water partition coefficient (Wildman–Crippen LogP) is 2.15. The number of nitrogens with one attached hydrogen (secondary N) is 1. The molecule has 3 N–H and O–H groups in total. The third kappa shape index (κ3) is 3.43. The summed E-state index contributed by atoms with van der Waals surface area (Å²) in [6, 6.07) is 3.64. The highest BCUT2D eigenvalue weighted by molar-refractivity contribution is 5.94. The second-order valence-electron chi connectivity index (χ2n) is 4.25. The zero-order chi connectivity index (χ0) is 13.7. The molecule has 5 heteroatoms. The molecule has 1 aromatic rings. The van der Waals surface area contributed by atoms with Gasteiger partial charge in [0.15, 0.2) is 11.6 Å². The molecule has 0 bridgehead atoms. The van der Waals surface area contributed by atoms with Gasteiger partial charge in [0.05, 0.1) is 13.2 Å². The van der Waals surface area contributed by atoms with E-state index in [0.717, 1.165) is 6.42 Å². The van der Waals surface area contributed by atoms with Crippen molar-refractivity contribution in [3.05, 3.63) is 24.0 Å². The molecular weight excluding hydrogens is 235 g/mol. The fourth-order valence-electron chi connectivity index (χ4n) is 1.48. The quantitative estimate of drug-likeness (QED) is 0.846. The van der Waals surface area contributed by atoms with Gasteiger partial charge in [-0.25, -0.2) is 4.39 Å². The van der Waals surface area contributed by atoms with Gasteiger partial charge in [0.2, 0.25) is 5.91 Å². The lowest BCUT2D eigenvalue weighted by atomic mass is 9.99. The molecule has 2 atom stereocenters. The Labute approximate surface area is 106 Å². The summed E-state index contributed by atoms with van der Waals surface area (Å²) >= 11 is 0. The second-order valence-corrected chi connectivity index (χ2v) is 4.25. The van der Waals surface area contributed by atoms with Crippen molar-refractivity contribution in [3.63, 3.8) is 0 Å². The maximum Gasteiger partial charge on any atom is 0.241 e. The molecule has 0 aromatic heterocycles. The number of hydrogen-bond donors (Lipinski definition) is 2. The number of ether oxygens (including phenoxy) is 1. The van der Waals surface area contributed by atoms with E-state index in [0.29, 0.717) is 5.69 Å². The topological polar surface area (TPSA) is 64.4 Å². The first-order valence-corrected chi connectivity index (χ1v) is 5.89. The molecule has 0 unspecified atom stereocenters. The van der Waals surface area contributed by atoms with Gasteiger partial charge in [-0.1, -0.05) is 20.3 Å². The smallest absolute Gasteiger partial charge is 0.241 e. The van der Waals surface area contributed by atoms with Gasteiger partial charge in [-0.3, -0.25) is 4.79 Å². The molecule has 0 saturated carbocycles. The van der Waals surface area contributed by atoms with Gasteiger partial charge >= 0.3 is 0 Å². The molecule has 0 saturated heterocycles. The van der Waals surface area contributed by atoms with E-state index in [-0.39, 0.29) is 17.6 Å². The highest BCUT2D eigenvalue weighted by Gasteiger charge is 2.19. The average Bonchev–Trinajstić information content (AvgIpc) is 2.37. The first-order valence-electron chi connectivity index (χ1n) is 5.89. The largest absolute Gasteiger partial charge is 0.494 e. The SMILES string of the molecule is CC[C@H](C)[C@H](N)C(=O)Nc1ccc(OC)c(F)c1. The van der Waals surface area contributed by atoms with Crippen LogP contribution in [0.4, 0.5) is 10.1 Å². The number of amides is 1. The molecule has 0 aliphatic carbocycles. The van der Waals surface area contributed by atoms with Crippen molar-refractivity contribution in [3.8, 4) is 5.75 Å². The van der Waals surface area contributed by atoms with E-state index in [2.05, 4.69) is 5.32 Å². The zero-order valence-corrected chi connectivity index (χ0v) is 10.9. The Hall–Kier alpha value is -1.62. The van der Waals surface area contributed by atoms with Crippen LogP contribution in [0.15, 0.2) is 18.2 Å². The molecule has 100 valence electrons. The monoisotopic (exact) mass is 254 g/mol. The van der Waals surface area contributed by atoms with Gasteiger partial charge < -0.3 is 15.8 Å². The van der Waals surface area contributed by atoms with Gasteiger partial charge in [-0.15, -0.1) is 0 Å². The minimum atomic E-state index is -0.597. The lowest BCUT2D eigenvalue weighted by Gasteiger charge is -2.17. The van der Waals surface area contributed by atoms with Crippen molar-refractivity contribution in [1.29, 1.82) is 0 Å². The predicted molar refractivity (Wildman–Crippen MR) is 69.0 cm³/mol. The Morgan fingerprint density at radius 2 is 2.22 bits per heavy atom. The fraction of sp³-hybridized carbons (Fsp3) is 0.462. The highest BCUT2D eigenvalue weighted by Crippen LogP contribution is 2.21. The van der Waals surface area contributed by atoms with Crippen LogP contribution >= 0.6 is 0 Å². The summed E-state index contributed by atoms with van der Waals surface area (Å²) in [5.74, 6) is -0.617. The average molecular weight is 254 g/mol. The Balaban J connectivity index is 2.73. The number of carbonyl (C=O) groups excluding carboxylic acids is 1.